The first-order valence-corrected chi connectivity index (χ1v) is 8.61. The quantitative estimate of drug-likeness (QED) is 0.746. The molecule has 0 unspecified atom stereocenters. The summed E-state index contributed by atoms with van der Waals surface area (Å²) in [7, 11) is 0. The molecule has 1 atom stereocenters. The number of Topliss-reactive ketones (excluding diaryl/α,β-unsaturated/α-hetero) is 1. The number of carbonyl (C=O) groups is 1. The van der Waals surface area contributed by atoms with Crippen molar-refractivity contribution < 1.29 is 4.79 Å². The van der Waals surface area contributed by atoms with Crippen LogP contribution in [0.4, 0.5) is 0 Å². The van der Waals surface area contributed by atoms with E-state index in [-0.39, 0.29) is 0 Å². The SMILES string of the molecule is O=C1CCCCCCCCCC[C@@H]1CN1CCCC1. The fraction of sp³-hybridized carbons (Fsp3) is 0.941. The highest BCUT2D eigenvalue weighted by atomic mass is 16.1. The van der Waals surface area contributed by atoms with Crippen LogP contribution < -0.4 is 0 Å². The summed E-state index contributed by atoms with van der Waals surface area (Å²) in [5, 5.41) is 0. The monoisotopic (exact) mass is 265 g/mol. The molecule has 1 saturated carbocycles. The molecule has 1 heterocycles. The van der Waals surface area contributed by atoms with Crippen molar-refractivity contribution >= 4 is 5.78 Å². The molecule has 1 saturated heterocycles. The molecule has 2 heteroatoms. The van der Waals surface area contributed by atoms with Gasteiger partial charge in [0.1, 0.15) is 5.78 Å². The Morgan fingerprint density at radius 2 is 1.37 bits per heavy atom. The molecular weight excluding hydrogens is 234 g/mol. The average Bonchev–Trinajstić information content (AvgIpc) is 2.90. The predicted octanol–water partition coefficient (Wildman–Crippen LogP) is 4.18. The van der Waals surface area contributed by atoms with Crippen molar-refractivity contribution in [2.45, 2.75) is 77.0 Å². The summed E-state index contributed by atoms with van der Waals surface area (Å²) in [6.45, 7) is 3.51. The average molecular weight is 265 g/mol. The van der Waals surface area contributed by atoms with Crippen LogP contribution in [0.2, 0.25) is 0 Å². The van der Waals surface area contributed by atoms with Gasteiger partial charge in [0.15, 0.2) is 0 Å². The second kappa shape index (κ2) is 8.73. The number of ketones is 1. The first-order chi connectivity index (χ1) is 9.36. The van der Waals surface area contributed by atoms with Gasteiger partial charge in [-0.2, -0.15) is 0 Å². The van der Waals surface area contributed by atoms with E-state index < -0.39 is 0 Å². The first-order valence-electron chi connectivity index (χ1n) is 8.61. The van der Waals surface area contributed by atoms with E-state index in [1.54, 1.807) is 0 Å². The zero-order valence-electron chi connectivity index (χ0n) is 12.5. The molecular formula is C17H31NO. The predicted molar refractivity (Wildman–Crippen MR) is 80.3 cm³/mol. The summed E-state index contributed by atoms with van der Waals surface area (Å²) in [4.78, 5) is 14.9. The summed E-state index contributed by atoms with van der Waals surface area (Å²) in [6.07, 6.45) is 15.2. The lowest BCUT2D eigenvalue weighted by molar-refractivity contribution is -0.123. The van der Waals surface area contributed by atoms with Crippen LogP contribution in [0.5, 0.6) is 0 Å². The maximum Gasteiger partial charge on any atom is 0.137 e. The van der Waals surface area contributed by atoms with Crippen LogP contribution in [-0.2, 0) is 4.79 Å². The summed E-state index contributed by atoms with van der Waals surface area (Å²) >= 11 is 0. The van der Waals surface area contributed by atoms with E-state index >= 15 is 0 Å². The minimum atomic E-state index is 0.345. The first kappa shape index (κ1) is 15.0. The summed E-state index contributed by atoms with van der Waals surface area (Å²) in [5.41, 5.74) is 0. The van der Waals surface area contributed by atoms with Gasteiger partial charge in [-0.05, 0) is 38.8 Å². The maximum absolute atomic E-state index is 12.4. The Hall–Kier alpha value is -0.370. The molecule has 19 heavy (non-hydrogen) atoms. The number of likely N-dealkylation sites (tertiary alicyclic amines) is 1. The highest BCUT2D eigenvalue weighted by molar-refractivity contribution is 5.81. The van der Waals surface area contributed by atoms with Gasteiger partial charge in [-0.15, -0.1) is 0 Å². The van der Waals surface area contributed by atoms with Crippen LogP contribution in [0.25, 0.3) is 0 Å². The van der Waals surface area contributed by atoms with E-state index in [1.807, 2.05) is 0 Å². The van der Waals surface area contributed by atoms with Crippen LogP contribution in [0.1, 0.15) is 77.0 Å². The standard InChI is InChI=1S/C17H31NO/c19-17-12-8-6-4-2-1-3-5-7-11-16(17)15-18-13-9-10-14-18/h16H,1-15H2/t16-/m1/s1. The molecule has 0 aromatic heterocycles. The molecule has 0 N–H and O–H groups in total. The highest BCUT2D eigenvalue weighted by Gasteiger charge is 2.22. The molecule has 0 spiro atoms. The van der Waals surface area contributed by atoms with E-state index in [9.17, 15) is 4.79 Å². The number of carbonyl (C=O) groups excluding carboxylic acids is 1. The normalized spacial score (nSPS) is 28.8. The van der Waals surface area contributed by atoms with Crippen LogP contribution in [0.15, 0.2) is 0 Å². The van der Waals surface area contributed by atoms with Gasteiger partial charge in [-0.3, -0.25) is 4.79 Å². The van der Waals surface area contributed by atoms with Gasteiger partial charge in [-0.25, -0.2) is 0 Å². The van der Waals surface area contributed by atoms with Crippen LogP contribution >= 0.6 is 0 Å². The molecule has 2 nitrogen and oxygen atoms in total. The number of rotatable bonds is 2. The Morgan fingerprint density at radius 1 is 0.789 bits per heavy atom. The molecule has 1 aliphatic heterocycles. The lowest BCUT2D eigenvalue weighted by Crippen LogP contribution is -2.31. The maximum atomic E-state index is 12.4. The van der Waals surface area contributed by atoms with Crippen LogP contribution in [0.3, 0.4) is 0 Å². The van der Waals surface area contributed by atoms with Gasteiger partial charge in [0.25, 0.3) is 0 Å². The summed E-state index contributed by atoms with van der Waals surface area (Å²) in [6, 6.07) is 0. The van der Waals surface area contributed by atoms with Crippen molar-refractivity contribution in [1.82, 2.24) is 4.90 Å². The molecule has 110 valence electrons. The fourth-order valence-corrected chi connectivity index (χ4v) is 3.59. The lowest BCUT2D eigenvalue weighted by atomic mass is 9.91. The van der Waals surface area contributed by atoms with Crippen molar-refractivity contribution in [3.05, 3.63) is 0 Å². The van der Waals surface area contributed by atoms with E-state index in [4.69, 9.17) is 0 Å². The highest BCUT2D eigenvalue weighted by Crippen LogP contribution is 2.21. The van der Waals surface area contributed by atoms with Crippen LogP contribution in [0, 0.1) is 5.92 Å². The summed E-state index contributed by atoms with van der Waals surface area (Å²) < 4.78 is 0. The van der Waals surface area contributed by atoms with Gasteiger partial charge in [-0.1, -0.05) is 44.9 Å². The van der Waals surface area contributed by atoms with Crippen LogP contribution in [-0.4, -0.2) is 30.3 Å². The van der Waals surface area contributed by atoms with Gasteiger partial charge < -0.3 is 4.90 Å². The van der Waals surface area contributed by atoms with E-state index in [0.29, 0.717) is 11.7 Å². The largest absolute Gasteiger partial charge is 0.303 e. The molecule has 2 aliphatic rings. The van der Waals surface area contributed by atoms with E-state index in [1.165, 1.54) is 70.9 Å². The molecule has 0 amide bonds. The molecule has 2 rings (SSSR count). The summed E-state index contributed by atoms with van der Waals surface area (Å²) in [5.74, 6) is 0.907. The number of nitrogens with zero attached hydrogens (tertiary/aromatic N) is 1. The minimum absolute atomic E-state index is 0.345. The van der Waals surface area contributed by atoms with E-state index in [0.717, 1.165) is 25.8 Å². The topological polar surface area (TPSA) is 20.3 Å². The number of hydrogen-bond acceptors (Lipinski definition) is 2. The minimum Gasteiger partial charge on any atom is -0.303 e. The van der Waals surface area contributed by atoms with Gasteiger partial charge in [0.05, 0.1) is 0 Å². The number of hydrogen-bond donors (Lipinski definition) is 0. The fourth-order valence-electron chi connectivity index (χ4n) is 3.59. The Morgan fingerprint density at radius 3 is 2.05 bits per heavy atom. The van der Waals surface area contributed by atoms with E-state index in [2.05, 4.69) is 4.90 Å². The Kier molecular flexibility index (Phi) is 6.91. The van der Waals surface area contributed by atoms with Crippen molar-refractivity contribution in [3.63, 3.8) is 0 Å². The smallest absolute Gasteiger partial charge is 0.137 e. The molecule has 1 aliphatic carbocycles. The molecule has 0 aromatic carbocycles. The third-order valence-corrected chi connectivity index (χ3v) is 4.86. The third kappa shape index (κ3) is 5.64. The zero-order valence-corrected chi connectivity index (χ0v) is 12.5. The molecule has 0 bridgehead atoms. The van der Waals surface area contributed by atoms with Gasteiger partial charge in [0, 0.05) is 18.9 Å². The van der Waals surface area contributed by atoms with Crippen molar-refractivity contribution in [3.8, 4) is 0 Å². The lowest BCUT2D eigenvalue weighted by Gasteiger charge is -2.23. The Bertz CT molecular complexity index is 258. The Labute approximate surface area is 118 Å². The van der Waals surface area contributed by atoms with Crippen molar-refractivity contribution in [2.24, 2.45) is 5.92 Å². The van der Waals surface area contributed by atoms with Crippen molar-refractivity contribution in [1.29, 1.82) is 0 Å². The molecule has 0 aromatic rings. The zero-order chi connectivity index (χ0) is 13.3. The second-order valence-corrected chi connectivity index (χ2v) is 6.54. The van der Waals surface area contributed by atoms with Crippen molar-refractivity contribution in [2.75, 3.05) is 19.6 Å². The molecule has 2 fully saturated rings. The van der Waals surface area contributed by atoms with Gasteiger partial charge in [0.2, 0.25) is 0 Å². The Balaban J connectivity index is 1.81. The second-order valence-electron chi connectivity index (χ2n) is 6.54. The molecule has 0 radical (unpaired) electrons. The third-order valence-electron chi connectivity index (χ3n) is 4.86. The van der Waals surface area contributed by atoms with Gasteiger partial charge >= 0.3 is 0 Å².